The lowest BCUT2D eigenvalue weighted by atomic mass is 10.1. The molecule has 132 valence electrons. The molecule has 1 unspecified atom stereocenters. The first-order valence-electron chi connectivity index (χ1n) is 8.30. The smallest absolute Gasteiger partial charge is 0.226 e. The monoisotopic (exact) mass is 352 g/mol. The zero-order chi connectivity index (χ0) is 17.7. The van der Waals surface area contributed by atoms with E-state index in [1.165, 1.54) is 6.92 Å². The third-order valence-corrected chi connectivity index (χ3v) is 4.50. The third-order valence-electron chi connectivity index (χ3n) is 4.20. The first kappa shape index (κ1) is 18.7. The normalized spacial score (nSPS) is 16.9. The predicted molar refractivity (Wildman–Crippen MR) is 95.4 cm³/mol. The van der Waals surface area contributed by atoms with Crippen molar-refractivity contribution in [2.24, 2.45) is 0 Å². The average Bonchev–Trinajstić information content (AvgIpc) is 3.00. The molecule has 1 aromatic rings. The van der Waals surface area contributed by atoms with Crippen LogP contribution in [0.4, 0.5) is 5.69 Å². The number of nitrogens with zero attached hydrogens (tertiary/aromatic N) is 1. The maximum Gasteiger partial charge on any atom is 0.226 e. The number of hydrogen-bond acceptors (Lipinski definition) is 3. The molecule has 1 aliphatic rings. The molecule has 0 saturated carbocycles. The van der Waals surface area contributed by atoms with Crippen LogP contribution in [0.2, 0.25) is 5.02 Å². The van der Waals surface area contributed by atoms with E-state index in [2.05, 4.69) is 5.32 Å². The van der Waals surface area contributed by atoms with Crippen LogP contribution in [0, 0.1) is 13.8 Å². The van der Waals surface area contributed by atoms with Crippen molar-refractivity contribution in [2.45, 2.75) is 46.1 Å². The van der Waals surface area contributed by atoms with Crippen LogP contribution in [0.3, 0.4) is 0 Å². The summed E-state index contributed by atoms with van der Waals surface area (Å²) in [6.07, 6.45) is 2.32. The number of carbonyl (C=O) groups is 2. The minimum Gasteiger partial charge on any atom is -0.376 e. The highest BCUT2D eigenvalue weighted by Crippen LogP contribution is 2.27. The van der Waals surface area contributed by atoms with E-state index in [1.54, 1.807) is 4.90 Å². The molecule has 0 aromatic heterocycles. The molecule has 0 spiro atoms. The standard InChI is InChI=1S/C18H25ClN2O3/c1-12-9-13(2)18(16(19)10-12)20-17(23)6-7-21(14(3)22)11-15-5-4-8-24-15/h9-10,15H,4-8,11H2,1-3H3,(H,20,23). The van der Waals surface area contributed by atoms with E-state index in [-0.39, 0.29) is 24.3 Å². The second-order valence-electron chi connectivity index (χ2n) is 6.34. The van der Waals surface area contributed by atoms with Gasteiger partial charge in [-0.15, -0.1) is 0 Å². The minimum atomic E-state index is -0.151. The minimum absolute atomic E-state index is 0.0390. The van der Waals surface area contributed by atoms with Gasteiger partial charge in [0, 0.05) is 33.0 Å². The highest BCUT2D eigenvalue weighted by Gasteiger charge is 2.21. The third kappa shape index (κ3) is 5.21. The number of aryl methyl sites for hydroxylation is 2. The highest BCUT2D eigenvalue weighted by molar-refractivity contribution is 6.34. The fourth-order valence-corrected chi connectivity index (χ4v) is 3.29. The Bertz CT molecular complexity index is 589. The van der Waals surface area contributed by atoms with E-state index < -0.39 is 0 Å². The quantitative estimate of drug-likeness (QED) is 0.854. The molecule has 1 N–H and O–H groups in total. The number of halogens is 1. The van der Waals surface area contributed by atoms with Gasteiger partial charge in [0.25, 0.3) is 0 Å². The van der Waals surface area contributed by atoms with Crippen molar-refractivity contribution in [3.63, 3.8) is 0 Å². The number of benzene rings is 1. The van der Waals surface area contributed by atoms with Crippen molar-refractivity contribution in [1.82, 2.24) is 4.90 Å². The summed E-state index contributed by atoms with van der Waals surface area (Å²) in [7, 11) is 0. The van der Waals surface area contributed by atoms with Crippen molar-refractivity contribution >= 4 is 29.1 Å². The SMILES string of the molecule is CC(=O)N(CCC(=O)Nc1c(C)cc(C)cc1Cl)CC1CCCO1. The molecule has 1 aromatic carbocycles. The molecule has 6 heteroatoms. The van der Waals surface area contributed by atoms with Gasteiger partial charge < -0.3 is 15.0 Å². The average molecular weight is 353 g/mol. The number of hydrogen-bond donors (Lipinski definition) is 1. The Morgan fingerprint density at radius 1 is 1.38 bits per heavy atom. The molecule has 24 heavy (non-hydrogen) atoms. The summed E-state index contributed by atoms with van der Waals surface area (Å²) in [6, 6.07) is 3.80. The van der Waals surface area contributed by atoms with E-state index in [1.807, 2.05) is 26.0 Å². The fraction of sp³-hybridized carbons (Fsp3) is 0.556. The Labute approximate surface area is 148 Å². The molecule has 1 atom stereocenters. The number of anilines is 1. The van der Waals surface area contributed by atoms with Gasteiger partial charge in [0.05, 0.1) is 16.8 Å². The van der Waals surface area contributed by atoms with Crippen LogP contribution < -0.4 is 5.32 Å². The largest absolute Gasteiger partial charge is 0.376 e. The molecule has 5 nitrogen and oxygen atoms in total. The van der Waals surface area contributed by atoms with Crippen LogP contribution in [0.5, 0.6) is 0 Å². The maximum atomic E-state index is 12.2. The highest BCUT2D eigenvalue weighted by atomic mass is 35.5. The second kappa shape index (κ2) is 8.49. The Morgan fingerprint density at radius 3 is 2.71 bits per heavy atom. The summed E-state index contributed by atoms with van der Waals surface area (Å²) < 4.78 is 5.57. The maximum absolute atomic E-state index is 12.2. The van der Waals surface area contributed by atoms with Crippen LogP contribution >= 0.6 is 11.6 Å². The number of carbonyl (C=O) groups excluding carboxylic acids is 2. The van der Waals surface area contributed by atoms with Gasteiger partial charge in [-0.05, 0) is 43.9 Å². The number of rotatable bonds is 6. The van der Waals surface area contributed by atoms with Gasteiger partial charge in [0.1, 0.15) is 0 Å². The van der Waals surface area contributed by atoms with Gasteiger partial charge in [-0.2, -0.15) is 0 Å². The van der Waals surface area contributed by atoms with Gasteiger partial charge in [0.2, 0.25) is 11.8 Å². The second-order valence-corrected chi connectivity index (χ2v) is 6.74. The summed E-state index contributed by atoms with van der Waals surface area (Å²) in [5.41, 5.74) is 2.62. The molecular formula is C18H25ClN2O3. The van der Waals surface area contributed by atoms with Gasteiger partial charge in [-0.25, -0.2) is 0 Å². The lowest BCUT2D eigenvalue weighted by Crippen LogP contribution is -2.37. The Balaban J connectivity index is 1.90. The summed E-state index contributed by atoms with van der Waals surface area (Å²) >= 11 is 6.21. The molecule has 0 aliphatic carbocycles. The molecule has 0 bridgehead atoms. The molecule has 2 rings (SSSR count). The van der Waals surface area contributed by atoms with E-state index in [4.69, 9.17) is 16.3 Å². The van der Waals surface area contributed by atoms with E-state index in [0.717, 1.165) is 30.6 Å². The van der Waals surface area contributed by atoms with Crippen molar-refractivity contribution < 1.29 is 14.3 Å². The topological polar surface area (TPSA) is 58.6 Å². The van der Waals surface area contributed by atoms with Crippen molar-refractivity contribution in [2.75, 3.05) is 25.0 Å². The number of ether oxygens (including phenoxy) is 1. The molecule has 1 saturated heterocycles. The Hall–Kier alpha value is -1.59. The van der Waals surface area contributed by atoms with Gasteiger partial charge in [-0.3, -0.25) is 9.59 Å². The number of nitrogens with one attached hydrogen (secondary N) is 1. The van der Waals surface area contributed by atoms with Crippen molar-refractivity contribution in [3.05, 3.63) is 28.3 Å². The molecule has 0 radical (unpaired) electrons. The van der Waals surface area contributed by atoms with Crippen LogP contribution in [-0.4, -0.2) is 42.5 Å². The molecule has 1 fully saturated rings. The summed E-state index contributed by atoms with van der Waals surface area (Å²) in [4.78, 5) is 25.7. The molecule has 1 aliphatic heterocycles. The van der Waals surface area contributed by atoms with Crippen LogP contribution in [0.25, 0.3) is 0 Å². The van der Waals surface area contributed by atoms with E-state index >= 15 is 0 Å². The van der Waals surface area contributed by atoms with Crippen LogP contribution in [-0.2, 0) is 14.3 Å². The van der Waals surface area contributed by atoms with E-state index in [0.29, 0.717) is 23.8 Å². The van der Waals surface area contributed by atoms with Crippen molar-refractivity contribution in [3.8, 4) is 0 Å². The van der Waals surface area contributed by atoms with Gasteiger partial charge in [0.15, 0.2) is 0 Å². The fourth-order valence-electron chi connectivity index (χ4n) is 2.92. The van der Waals surface area contributed by atoms with Crippen LogP contribution in [0.1, 0.15) is 37.3 Å². The summed E-state index contributed by atoms with van der Waals surface area (Å²) in [5, 5.41) is 3.38. The van der Waals surface area contributed by atoms with E-state index in [9.17, 15) is 9.59 Å². The first-order valence-corrected chi connectivity index (χ1v) is 8.68. The number of amides is 2. The van der Waals surface area contributed by atoms with Gasteiger partial charge in [-0.1, -0.05) is 17.7 Å². The zero-order valence-corrected chi connectivity index (χ0v) is 15.3. The predicted octanol–water partition coefficient (Wildman–Crippen LogP) is 3.31. The molecule has 2 amide bonds. The van der Waals surface area contributed by atoms with Crippen LogP contribution in [0.15, 0.2) is 12.1 Å². The Morgan fingerprint density at radius 2 is 2.12 bits per heavy atom. The lowest BCUT2D eigenvalue weighted by Gasteiger charge is -2.24. The molecule has 1 heterocycles. The zero-order valence-electron chi connectivity index (χ0n) is 14.5. The van der Waals surface area contributed by atoms with Crippen molar-refractivity contribution in [1.29, 1.82) is 0 Å². The van der Waals surface area contributed by atoms with Gasteiger partial charge >= 0.3 is 0 Å². The lowest BCUT2D eigenvalue weighted by molar-refractivity contribution is -0.130. The Kier molecular flexibility index (Phi) is 6.63. The molecular weight excluding hydrogens is 328 g/mol. The first-order chi connectivity index (χ1) is 11.4. The summed E-state index contributed by atoms with van der Waals surface area (Å²) in [6.45, 7) is 7.07. The summed E-state index contributed by atoms with van der Waals surface area (Å²) in [5.74, 6) is -0.190.